The van der Waals surface area contributed by atoms with Crippen LogP contribution in [0.3, 0.4) is 0 Å². The van der Waals surface area contributed by atoms with Gasteiger partial charge in [0.25, 0.3) is 0 Å². The largest absolute Gasteiger partial charge is 0.386 e. The third-order valence-corrected chi connectivity index (χ3v) is 4.42. The lowest BCUT2D eigenvalue weighted by molar-refractivity contribution is 0.198. The van der Waals surface area contributed by atoms with Gasteiger partial charge in [-0.1, -0.05) is 19.3 Å². The fourth-order valence-corrected chi connectivity index (χ4v) is 3.32. The van der Waals surface area contributed by atoms with E-state index >= 15 is 0 Å². The lowest BCUT2D eigenvalue weighted by atomic mass is 10.0. The molecule has 0 spiro atoms. The molecule has 1 atom stereocenters. The molecule has 1 aromatic heterocycles. The highest BCUT2D eigenvalue weighted by atomic mass is 32.2. The smallest absolute Gasteiger partial charge is 0.106 e. The molecule has 1 fully saturated rings. The fraction of sp³-hybridized carbons (Fsp3) is 0.667. The highest BCUT2D eigenvalue weighted by Gasteiger charge is 2.16. The van der Waals surface area contributed by atoms with Crippen molar-refractivity contribution in [2.45, 2.75) is 43.5 Å². The Balaban J connectivity index is 1.77. The van der Waals surface area contributed by atoms with Crippen molar-refractivity contribution < 1.29 is 5.11 Å². The van der Waals surface area contributed by atoms with Gasteiger partial charge < -0.3 is 5.11 Å². The number of aromatic nitrogens is 2. The summed E-state index contributed by atoms with van der Waals surface area (Å²) >= 11 is 1.88. The zero-order chi connectivity index (χ0) is 11.2. The van der Waals surface area contributed by atoms with Crippen LogP contribution in [0.25, 0.3) is 0 Å². The van der Waals surface area contributed by atoms with Crippen LogP contribution < -0.4 is 0 Å². The van der Waals surface area contributed by atoms with E-state index in [9.17, 15) is 5.11 Å². The molecule has 1 aromatic rings. The van der Waals surface area contributed by atoms with E-state index in [0.717, 1.165) is 11.0 Å². The topological polar surface area (TPSA) is 46.0 Å². The van der Waals surface area contributed by atoms with Gasteiger partial charge in [0.15, 0.2) is 0 Å². The van der Waals surface area contributed by atoms with Gasteiger partial charge in [-0.05, 0) is 12.8 Å². The van der Waals surface area contributed by atoms with E-state index in [1.54, 1.807) is 18.6 Å². The third kappa shape index (κ3) is 3.46. The molecule has 16 heavy (non-hydrogen) atoms. The van der Waals surface area contributed by atoms with Crippen LogP contribution in [0.2, 0.25) is 0 Å². The van der Waals surface area contributed by atoms with Crippen molar-refractivity contribution >= 4 is 11.8 Å². The number of nitrogens with zero attached hydrogens (tertiary/aromatic N) is 2. The molecular formula is C12H18N2OS. The Morgan fingerprint density at radius 3 is 2.81 bits per heavy atom. The monoisotopic (exact) mass is 238 g/mol. The predicted molar refractivity (Wildman–Crippen MR) is 66.3 cm³/mol. The summed E-state index contributed by atoms with van der Waals surface area (Å²) in [6, 6.07) is 0. The minimum Gasteiger partial charge on any atom is -0.386 e. The maximum absolute atomic E-state index is 9.93. The lowest BCUT2D eigenvalue weighted by Gasteiger charge is -2.22. The standard InChI is InChI=1S/C12H18N2OS/c15-12(11-8-13-6-7-14-11)9-16-10-4-2-1-3-5-10/h6-8,10,12,15H,1-5,9H2. The average Bonchev–Trinajstić information content (AvgIpc) is 2.38. The quantitative estimate of drug-likeness (QED) is 0.875. The Morgan fingerprint density at radius 1 is 1.31 bits per heavy atom. The van der Waals surface area contributed by atoms with Gasteiger partial charge >= 0.3 is 0 Å². The third-order valence-electron chi connectivity index (χ3n) is 2.97. The number of hydrogen-bond acceptors (Lipinski definition) is 4. The minimum absolute atomic E-state index is 0.472. The van der Waals surface area contributed by atoms with Crippen LogP contribution in [0.5, 0.6) is 0 Å². The summed E-state index contributed by atoms with van der Waals surface area (Å²) in [5.74, 6) is 0.739. The number of rotatable bonds is 4. The van der Waals surface area contributed by atoms with Crippen molar-refractivity contribution in [3.05, 3.63) is 24.3 Å². The molecule has 88 valence electrons. The van der Waals surface area contributed by atoms with E-state index in [0.29, 0.717) is 5.69 Å². The molecule has 0 aliphatic heterocycles. The van der Waals surface area contributed by atoms with E-state index < -0.39 is 6.10 Å². The molecule has 1 saturated carbocycles. The molecule has 0 radical (unpaired) electrons. The van der Waals surface area contributed by atoms with Gasteiger partial charge in [0, 0.05) is 23.4 Å². The Bertz CT molecular complexity index is 301. The minimum atomic E-state index is -0.472. The van der Waals surface area contributed by atoms with Crippen LogP contribution in [0.4, 0.5) is 0 Å². The zero-order valence-electron chi connectivity index (χ0n) is 9.38. The van der Waals surface area contributed by atoms with Crippen molar-refractivity contribution in [1.82, 2.24) is 9.97 Å². The first-order chi connectivity index (χ1) is 7.86. The maximum Gasteiger partial charge on any atom is 0.106 e. The Kier molecular flexibility index (Phi) is 4.60. The van der Waals surface area contributed by atoms with Crippen molar-refractivity contribution in [1.29, 1.82) is 0 Å². The summed E-state index contributed by atoms with van der Waals surface area (Å²) in [5, 5.41) is 10.7. The molecule has 1 unspecified atom stereocenters. The number of aliphatic hydroxyl groups is 1. The molecule has 0 bridgehead atoms. The first-order valence-electron chi connectivity index (χ1n) is 5.92. The molecule has 0 saturated heterocycles. The predicted octanol–water partition coefficient (Wildman–Crippen LogP) is 2.58. The van der Waals surface area contributed by atoms with E-state index in [1.165, 1.54) is 32.1 Å². The number of thioether (sulfide) groups is 1. The second kappa shape index (κ2) is 6.21. The van der Waals surface area contributed by atoms with Crippen LogP contribution in [-0.4, -0.2) is 26.1 Å². The van der Waals surface area contributed by atoms with Crippen molar-refractivity contribution in [2.75, 3.05) is 5.75 Å². The van der Waals surface area contributed by atoms with E-state index in [-0.39, 0.29) is 0 Å². The van der Waals surface area contributed by atoms with Crippen molar-refractivity contribution in [3.63, 3.8) is 0 Å². The SMILES string of the molecule is OC(CSC1CCCCC1)c1cnccn1. The number of aliphatic hydroxyl groups excluding tert-OH is 1. The molecule has 1 aliphatic rings. The van der Waals surface area contributed by atoms with Gasteiger partial charge in [-0.15, -0.1) is 0 Å². The van der Waals surface area contributed by atoms with E-state index in [1.807, 2.05) is 11.8 Å². The summed E-state index contributed by atoms with van der Waals surface area (Å²) in [5.41, 5.74) is 0.686. The van der Waals surface area contributed by atoms with Crippen LogP contribution in [0, 0.1) is 0 Å². The highest BCUT2D eigenvalue weighted by Crippen LogP contribution is 2.30. The molecule has 3 nitrogen and oxygen atoms in total. The van der Waals surface area contributed by atoms with Crippen LogP contribution in [0.15, 0.2) is 18.6 Å². The van der Waals surface area contributed by atoms with Crippen LogP contribution in [-0.2, 0) is 0 Å². The Morgan fingerprint density at radius 2 is 2.12 bits per heavy atom. The first-order valence-corrected chi connectivity index (χ1v) is 6.96. The molecular weight excluding hydrogens is 220 g/mol. The van der Waals surface area contributed by atoms with Gasteiger partial charge in [-0.25, -0.2) is 0 Å². The summed E-state index contributed by atoms with van der Waals surface area (Å²) < 4.78 is 0. The fourth-order valence-electron chi connectivity index (χ4n) is 2.03. The second-order valence-electron chi connectivity index (χ2n) is 4.24. The van der Waals surface area contributed by atoms with E-state index in [4.69, 9.17) is 0 Å². The molecule has 0 aromatic carbocycles. The summed E-state index contributed by atoms with van der Waals surface area (Å²) in [7, 11) is 0. The molecule has 0 amide bonds. The molecule has 2 rings (SSSR count). The normalized spacial score (nSPS) is 19.6. The lowest BCUT2D eigenvalue weighted by Crippen LogP contribution is -2.12. The average molecular weight is 238 g/mol. The van der Waals surface area contributed by atoms with E-state index in [2.05, 4.69) is 9.97 Å². The Labute approximate surface area is 101 Å². The second-order valence-corrected chi connectivity index (χ2v) is 5.57. The summed E-state index contributed by atoms with van der Waals surface area (Å²) in [4.78, 5) is 8.09. The first kappa shape index (κ1) is 11.9. The summed E-state index contributed by atoms with van der Waals surface area (Å²) in [6.45, 7) is 0. The molecule has 4 heteroatoms. The number of hydrogen-bond donors (Lipinski definition) is 1. The molecule has 1 N–H and O–H groups in total. The summed E-state index contributed by atoms with van der Waals surface area (Å²) in [6.07, 6.45) is 11.1. The zero-order valence-corrected chi connectivity index (χ0v) is 10.2. The van der Waals surface area contributed by atoms with Gasteiger partial charge in [0.1, 0.15) is 6.10 Å². The van der Waals surface area contributed by atoms with Crippen LogP contribution >= 0.6 is 11.8 Å². The van der Waals surface area contributed by atoms with Crippen molar-refractivity contribution in [3.8, 4) is 0 Å². The van der Waals surface area contributed by atoms with Gasteiger partial charge in [-0.3, -0.25) is 9.97 Å². The molecule has 1 heterocycles. The van der Waals surface area contributed by atoms with Gasteiger partial charge in [0.05, 0.1) is 11.9 Å². The van der Waals surface area contributed by atoms with Crippen molar-refractivity contribution in [2.24, 2.45) is 0 Å². The van der Waals surface area contributed by atoms with Gasteiger partial charge in [-0.2, -0.15) is 11.8 Å². The highest BCUT2D eigenvalue weighted by molar-refractivity contribution is 7.99. The molecule has 1 aliphatic carbocycles. The maximum atomic E-state index is 9.93. The van der Waals surface area contributed by atoms with Crippen LogP contribution in [0.1, 0.15) is 43.9 Å². The Hall–Kier alpha value is -0.610. The van der Waals surface area contributed by atoms with Gasteiger partial charge in [0.2, 0.25) is 0 Å².